The number of rotatable bonds is 6. The number of carbonyl (C=O) groups excluding carboxylic acids is 1. The summed E-state index contributed by atoms with van der Waals surface area (Å²) < 4.78 is 0. The summed E-state index contributed by atoms with van der Waals surface area (Å²) in [6.45, 7) is 6.77. The van der Waals surface area contributed by atoms with Crippen LogP contribution in [0.3, 0.4) is 0 Å². The van der Waals surface area contributed by atoms with Gasteiger partial charge in [-0.15, -0.1) is 0 Å². The predicted molar refractivity (Wildman–Crippen MR) is 90.8 cm³/mol. The number of hydrogen-bond donors (Lipinski definition) is 2. The van der Waals surface area contributed by atoms with Gasteiger partial charge in [-0.3, -0.25) is 10.2 Å². The van der Waals surface area contributed by atoms with Crippen LogP contribution in [-0.4, -0.2) is 22.4 Å². The zero-order chi connectivity index (χ0) is 17.5. The van der Waals surface area contributed by atoms with Gasteiger partial charge in [0.15, 0.2) is 0 Å². The Labute approximate surface area is 141 Å². The number of nitrogens with one attached hydrogen (secondary N) is 2. The molecular weight excluding hydrogens is 302 g/mol. The number of nitrogens with zero attached hydrogens (tertiary/aromatic N) is 3. The van der Waals surface area contributed by atoms with Crippen molar-refractivity contribution in [3.63, 3.8) is 0 Å². The minimum absolute atomic E-state index is 0.0487. The Kier molecular flexibility index (Phi) is 5.99. The Morgan fingerprint density at radius 2 is 1.96 bits per heavy atom. The largest absolute Gasteiger partial charge is 0.291 e. The molecule has 0 bridgehead atoms. The molecule has 1 aromatic heterocycles. The van der Waals surface area contributed by atoms with Gasteiger partial charge in [-0.25, -0.2) is 15.4 Å². The van der Waals surface area contributed by atoms with E-state index in [0.29, 0.717) is 18.2 Å². The first-order valence-electron chi connectivity index (χ1n) is 7.83. The second-order valence-electron chi connectivity index (χ2n) is 6.02. The normalized spacial score (nSPS) is 11.8. The van der Waals surface area contributed by atoms with Crippen molar-refractivity contribution < 1.29 is 4.79 Å². The van der Waals surface area contributed by atoms with Crippen molar-refractivity contribution in [2.45, 2.75) is 26.7 Å². The molecule has 0 fully saturated rings. The lowest BCUT2D eigenvalue weighted by molar-refractivity contribution is -0.122. The second-order valence-corrected chi connectivity index (χ2v) is 6.02. The van der Waals surface area contributed by atoms with Crippen molar-refractivity contribution in [3.8, 4) is 6.07 Å². The van der Waals surface area contributed by atoms with E-state index < -0.39 is 5.92 Å². The number of hydrazine groups is 1. The van der Waals surface area contributed by atoms with Crippen molar-refractivity contribution in [1.29, 1.82) is 5.26 Å². The SMILES string of the molecule is Cc1ccc(C(C(=O)NNCC(C)C)c2ccnc(C#N)n2)cc1. The zero-order valence-corrected chi connectivity index (χ0v) is 14.1. The maximum atomic E-state index is 12.7. The molecule has 1 amide bonds. The van der Waals surface area contributed by atoms with Gasteiger partial charge < -0.3 is 0 Å². The van der Waals surface area contributed by atoms with Crippen molar-refractivity contribution in [3.05, 3.63) is 59.2 Å². The molecule has 1 unspecified atom stereocenters. The molecule has 2 aromatic rings. The number of aromatic nitrogens is 2. The van der Waals surface area contributed by atoms with Gasteiger partial charge in [0.1, 0.15) is 12.0 Å². The molecule has 0 saturated heterocycles. The van der Waals surface area contributed by atoms with Crippen LogP contribution >= 0.6 is 0 Å². The van der Waals surface area contributed by atoms with E-state index in [9.17, 15) is 4.79 Å². The second kappa shape index (κ2) is 8.18. The molecule has 2 rings (SSSR count). The maximum Gasteiger partial charge on any atom is 0.247 e. The molecule has 24 heavy (non-hydrogen) atoms. The van der Waals surface area contributed by atoms with E-state index in [1.165, 1.54) is 6.20 Å². The van der Waals surface area contributed by atoms with Crippen molar-refractivity contribution in [1.82, 2.24) is 20.8 Å². The number of carbonyl (C=O) groups is 1. The summed E-state index contributed by atoms with van der Waals surface area (Å²) in [5.41, 5.74) is 8.08. The Hall–Kier alpha value is -2.78. The highest BCUT2D eigenvalue weighted by molar-refractivity contribution is 5.86. The first-order valence-corrected chi connectivity index (χ1v) is 7.83. The molecule has 0 aliphatic carbocycles. The van der Waals surface area contributed by atoms with Gasteiger partial charge >= 0.3 is 0 Å². The molecule has 0 aliphatic heterocycles. The Bertz CT molecular complexity index is 734. The van der Waals surface area contributed by atoms with Crippen LogP contribution in [0.4, 0.5) is 0 Å². The fourth-order valence-corrected chi connectivity index (χ4v) is 2.22. The van der Waals surface area contributed by atoms with Crippen molar-refractivity contribution in [2.75, 3.05) is 6.54 Å². The molecule has 0 aliphatic rings. The Morgan fingerprint density at radius 3 is 2.58 bits per heavy atom. The molecule has 0 saturated carbocycles. The van der Waals surface area contributed by atoms with Gasteiger partial charge in [0, 0.05) is 12.7 Å². The van der Waals surface area contributed by atoms with E-state index in [2.05, 4.69) is 34.7 Å². The van der Waals surface area contributed by atoms with E-state index in [0.717, 1.165) is 11.1 Å². The lowest BCUT2D eigenvalue weighted by Gasteiger charge is -2.18. The summed E-state index contributed by atoms with van der Waals surface area (Å²) in [6, 6.07) is 11.3. The summed E-state index contributed by atoms with van der Waals surface area (Å²) in [5.74, 6) is -0.373. The number of benzene rings is 1. The number of nitriles is 1. The summed E-state index contributed by atoms with van der Waals surface area (Å²) in [7, 11) is 0. The highest BCUT2D eigenvalue weighted by Gasteiger charge is 2.24. The van der Waals surface area contributed by atoms with E-state index in [1.807, 2.05) is 37.3 Å². The van der Waals surface area contributed by atoms with Crippen LogP contribution in [0.25, 0.3) is 0 Å². The first-order chi connectivity index (χ1) is 11.5. The molecule has 0 radical (unpaired) electrons. The Morgan fingerprint density at radius 1 is 1.25 bits per heavy atom. The minimum Gasteiger partial charge on any atom is -0.291 e. The quantitative estimate of drug-likeness (QED) is 0.794. The van der Waals surface area contributed by atoms with Crippen molar-refractivity contribution >= 4 is 5.91 Å². The molecule has 1 heterocycles. The third kappa shape index (κ3) is 4.61. The number of aryl methyl sites for hydroxylation is 1. The monoisotopic (exact) mass is 323 g/mol. The zero-order valence-electron chi connectivity index (χ0n) is 14.1. The summed E-state index contributed by atoms with van der Waals surface area (Å²) in [4.78, 5) is 20.8. The fourth-order valence-electron chi connectivity index (χ4n) is 2.22. The van der Waals surface area contributed by atoms with Crippen LogP contribution in [0.15, 0.2) is 36.5 Å². The van der Waals surface area contributed by atoms with Crippen LogP contribution in [0, 0.1) is 24.2 Å². The van der Waals surface area contributed by atoms with Gasteiger partial charge in [0.25, 0.3) is 0 Å². The maximum absolute atomic E-state index is 12.7. The smallest absolute Gasteiger partial charge is 0.247 e. The highest BCUT2D eigenvalue weighted by atomic mass is 16.2. The standard InChI is InChI=1S/C18H21N5O/c1-12(2)11-21-23-18(24)17(14-6-4-13(3)5-7-14)15-8-9-20-16(10-19)22-15/h4-9,12,17,21H,11H2,1-3H3,(H,23,24). The van der Waals surface area contributed by atoms with E-state index >= 15 is 0 Å². The Balaban J connectivity index is 2.32. The van der Waals surface area contributed by atoms with Gasteiger partial charge in [-0.05, 0) is 24.5 Å². The topological polar surface area (TPSA) is 90.7 Å². The van der Waals surface area contributed by atoms with Gasteiger partial charge in [-0.1, -0.05) is 43.7 Å². The third-order valence-electron chi connectivity index (χ3n) is 3.47. The highest BCUT2D eigenvalue weighted by Crippen LogP contribution is 2.23. The van der Waals surface area contributed by atoms with Crippen LogP contribution in [0.2, 0.25) is 0 Å². The molecule has 124 valence electrons. The first kappa shape index (κ1) is 17.6. The average molecular weight is 323 g/mol. The summed E-state index contributed by atoms with van der Waals surface area (Å²) >= 11 is 0. The molecule has 1 aromatic carbocycles. The number of amides is 1. The van der Waals surface area contributed by atoms with Crippen LogP contribution in [0.5, 0.6) is 0 Å². The lowest BCUT2D eigenvalue weighted by atomic mass is 9.94. The summed E-state index contributed by atoms with van der Waals surface area (Å²) in [5, 5.41) is 9.00. The molecule has 6 nitrogen and oxygen atoms in total. The van der Waals surface area contributed by atoms with E-state index in [4.69, 9.17) is 5.26 Å². The number of hydrogen-bond acceptors (Lipinski definition) is 5. The minimum atomic E-state index is -0.611. The molecule has 1 atom stereocenters. The molecule has 0 spiro atoms. The molecular formula is C18H21N5O. The van der Waals surface area contributed by atoms with Crippen LogP contribution < -0.4 is 10.9 Å². The van der Waals surface area contributed by atoms with Gasteiger partial charge in [0.05, 0.1) is 5.69 Å². The van der Waals surface area contributed by atoms with E-state index in [1.54, 1.807) is 6.07 Å². The fraction of sp³-hybridized carbons (Fsp3) is 0.333. The van der Waals surface area contributed by atoms with Gasteiger partial charge in [0.2, 0.25) is 11.7 Å². The van der Waals surface area contributed by atoms with Crippen molar-refractivity contribution in [2.24, 2.45) is 5.92 Å². The summed E-state index contributed by atoms with van der Waals surface area (Å²) in [6.07, 6.45) is 1.50. The predicted octanol–water partition coefficient (Wildman–Crippen LogP) is 2.07. The van der Waals surface area contributed by atoms with Gasteiger partial charge in [-0.2, -0.15) is 5.26 Å². The average Bonchev–Trinajstić information content (AvgIpc) is 2.57. The third-order valence-corrected chi connectivity index (χ3v) is 3.47. The van der Waals surface area contributed by atoms with Crippen LogP contribution in [0.1, 0.15) is 42.4 Å². The molecule has 2 N–H and O–H groups in total. The molecule has 6 heteroatoms. The van der Waals surface area contributed by atoms with E-state index in [-0.39, 0.29) is 11.7 Å². The van der Waals surface area contributed by atoms with Crippen LogP contribution in [-0.2, 0) is 4.79 Å². The lowest BCUT2D eigenvalue weighted by Crippen LogP contribution is -2.42.